The Kier molecular flexibility index (Phi) is 5.63. The highest BCUT2D eigenvalue weighted by Gasteiger charge is 2.12. The van der Waals surface area contributed by atoms with Crippen molar-refractivity contribution in [2.24, 2.45) is 0 Å². The molecular formula is C19H16ClFN2O3. The molecule has 2 aromatic carbocycles. The topological polar surface area (TPSA) is 65.2 Å². The predicted molar refractivity (Wildman–Crippen MR) is 94.0 cm³/mol. The molecule has 1 heterocycles. The molecule has 3 aromatic rings. The summed E-state index contributed by atoms with van der Waals surface area (Å²) in [5.41, 5.74) is 2.53. The maximum atomic E-state index is 13.0. The summed E-state index contributed by atoms with van der Waals surface area (Å²) in [6, 6.07) is 11.7. The summed E-state index contributed by atoms with van der Waals surface area (Å²) in [6.45, 7) is 1.98. The zero-order chi connectivity index (χ0) is 18.5. The SMILES string of the molecule is Cc1ccc(-c2noc(CCC(=O)OCc3ccc(F)cc3Cl)n2)cc1. The van der Waals surface area contributed by atoms with Crippen LogP contribution < -0.4 is 0 Å². The van der Waals surface area contributed by atoms with E-state index < -0.39 is 11.8 Å². The van der Waals surface area contributed by atoms with Crippen LogP contribution >= 0.6 is 11.6 Å². The van der Waals surface area contributed by atoms with E-state index in [1.165, 1.54) is 18.2 Å². The molecule has 0 fully saturated rings. The quantitative estimate of drug-likeness (QED) is 0.594. The molecule has 134 valence electrons. The van der Waals surface area contributed by atoms with Crippen LogP contribution in [0.4, 0.5) is 4.39 Å². The van der Waals surface area contributed by atoms with Crippen molar-refractivity contribution in [1.29, 1.82) is 0 Å². The fourth-order valence-electron chi connectivity index (χ4n) is 2.25. The number of carbonyl (C=O) groups excluding carboxylic acids is 1. The molecule has 3 rings (SSSR count). The number of carbonyl (C=O) groups is 1. The second-order valence-corrected chi connectivity index (χ2v) is 6.18. The summed E-state index contributed by atoms with van der Waals surface area (Å²) in [7, 11) is 0. The van der Waals surface area contributed by atoms with Crippen molar-refractivity contribution < 1.29 is 18.4 Å². The molecule has 5 nitrogen and oxygen atoms in total. The number of aromatic nitrogens is 2. The number of ether oxygens (including phenoxy) is 1. The van der Waals surface area contributed by atoms with E-state index >= 15 is 0 Å². The summed E-state index contributed by atoms with van der Waals surface area (Å²) in [5.74, 6) is -0.0323. The first-order chi connectivity index (χ1) is 12.5. The van der Waals surface area contributed by atoms with Crippen molar-refractivity contribution in [2.45, 2.75) is 26.4 Å². The Balaban J connectivity index is 1.51. The summed E-state index contributed by atoms with van der Waals surface area (Å²) in [6.07, 6.45) is 0.364. The van der Waals surface area contributed by atoms with E-state index in [1.54, 1.807) is 0 Å². The molecule has 0 saturated carbocycles. The smallest absolute Gasteiger partial charge is 0.306 e. The van der Waals surface area contributed by atoms with Gasteiger partial charge >= 0.3 is 5.97 Å². The van der Waals surface area contributed by atoms with Crippen molar-refractivity contribution in [3.8, 4) is 11.4 Å². The summed E-state index contributed by atoms with van der Waals surface area (Å²) in [5, 5.41) is 4.14. The van der Waals surface area contributed by atoms with E-state index in [4.69, 9.17) is 20.9 Å². The third kappa shape index (κ3) is 4.67. The summed E-state index contributed by atoms with van der Waals surface area (Å²) < 4.78 is 23.3. The van der Waals surface area contributed by atoms with Crippen molar-refractivity contribution >= 4 is 17.6 Å². The first kappa shape index (κ1) is 18.1. The number of nitrogens with zero attached hydrogens (tertiary/aromatic N) is 2. The van der Waals surface area contributed by atoms with Crippen LogP contribution in [0.15, 0.2) is 47.0 Å². The molecule has 0 aliphatic rings. The zero-order valence-corrected chi connectivity index (χ0v) is 14.8. The van der Waals surface area contributed by atoms with Crippen LogP contribution in [0.1, 0.15) is 23.4 Å². The Labute approximate surface area is 154 Å². The Morgan fingerprint density at radius 2 is 2.00 bits per heavy atom. The molecule has 0 N–H and O–H groups in total. The molecule has 0 aliphatic heterocycles. The Morgan fingerprint density at radius 3 is 2.73 bits per heavy atom. The van der Waals surface area contributed by atoms with E-state index in [0.717, 1.165) is 11.1 Å². The maximum absolute atomic E-state index is 13.0. The van der Waals surface area contributed by atoms with Crippen LogP contribution in [0.3, 0.4) is 0 Å². The van der Waals surface area contributed by atoms with Crippen LogP contribution in [-0.4, -0.2) is 16.1 Å². The highest BCUT2D eigenvalue weighted by molar-refractivity contribution is 6.31. The van der Waals surface area contributed by atoms with E-state index in [9.17, 15) is 9.18 Å². The lowest BCUT2D eigenvalue weighted by atomic mass is 10.1. The molecule has 0 spiro atoms. The lowest BCUT2D eigenvalue weighted by molar-refractivity contribution is -0.145. The van der Waals surface area contributed by atoms with Crippen LogP contribution in [0.5, 0.6) is 0 Å². The Hall–Kier alpha value is -2.73. The molecule has 0 aliphatic carbocycles. The molecular weight excluding hydrogens is 359 g/mol. The average Bonchev–Trinajstić information content (AvgIpc) is 3.09. The van der Waals surface area contributed by atoms with Gasteiger partial charge in [0, 0.05) is 17.5 Å². The molecule has 1 aromatic heterocycles. The average molecular weight is 375 g/mol. The second kappa shape index (κ2) is 8.10. The molecule has 7 heteroatoms. The van der Waals surface area contributed by atoms with Gasteiger partial charge in [-0.1, -0.05) is 52.7 Å². The number of esters is 1. The van der Waals surface area contributed by atoms with E-state index in [-0.39, 0.29) is 24.5 Å². The Bertz CT molecular complexity index is 909. The van der Waals surface area contributed by atoms with Gasteiger partial charge in [0.05, 0.1) is 11.4 Å². The lowest BCUT2D eigenvalue weighted by Gasteiger charge is -2.06. The van der Waals surface area contributed by atoms with Crippen LogP contribution in [0, 0.1) is 12.7 Å². The molecule has 0 atom stereocenters. The largest absolute Gasteiger partial charge is 0.461 e. The van der Waals surface area contributed by atoms with Gasteiger partial charge in [-0.25, -0.2) is 4.39 Å². The van der Waals surface area contributed by atoms with Gasteiger partial charge in [0.2, 0.25) is 11.7 Å². The minimum atomic E-state index is -0.439. The van der Waals surface area contributed by atoms with Gasteiger partial charge in [-0.3, -0.25) is 4.79 Å². The number of benzene rings is 2. The fourth-order valence-corrected chi connectivity index (χ4v) is 2.48. The zero-order valence-electron chi connectivity index (χ0n) is 14.0. The van der Waals surface area contributed by atoms with Crippen molar-refractivity contribution in [1.82, 2.24) is 10.1 Å². The second-order valence-electron chi connectivity index (χ2n) is 5.77. The molecule has 0 radical (unpaired) electrons. The minimum absolute atomic E-state index is 0.0175. The molecule has 0 amide bonds. The predicted octanol–water partition coefficient (Wildman–Crippen LogP) is 4.51. The number of halogens is 2. The standard InChI is InChI=1S/C19H16ClFN2O3/c1-12-2-4-13(5-3-12)19-22-17(26-23-19)8-9-18(24)25-11-14-6-7-15(21)10-16(14)20/h2-7,10H,8-9,11H2,1H3. The lowest BCUT2D eigenvalue weighted by Crippen LogP contribution is -2.06. The Morgan fingerprint density at radius 1 is 1.23 bits per heavy atom. The van der Waals surface area contributed by atoms with Gasteiger partial charge in [-0.2, -0.15) is 4.98 Å². The van der Waals surface area contributed by atoms with E-state index in [2.05, 4.69) is 10.1 Å². The molecule has 26 heavy (non-hydrogen) atoms. The van der Waals surface area contributed by atoms with Gasteiger partial charge in [-0.15, -0.1) is 0 Å². The van der Waals surface area contributed by atoms with Gasteiger partial charge in [0.25, 0.3) is 0 Å². The van der Waals surface area contributed by atoms with Crippen LogP contribution in [-0.2, 0) is 22.6 Å². The minimum Gasteiger partial charge on any atom is -0.461 e. The van der Waals surface area contributed by atoms with Crippen LogP contribution in [0.25, 0.3) is 11.4 Å². The highest BCUT2D eigenvalue weighted by atomic mass is 35.5. The highest BCUT2D eigenvalue weighted by Crippen LogP contribution is 2.19. The monoisotopic (exact) mass is 374 g/mol. The number of aryl methyl sites for hydroxylation is 2. The van der Waals surface area contributed by atoms with Crippen molar-refractivity contribution in [2.75, 3.05) is 0 Å². The number of rotatable bonds is 6. The van der Waals surface area contributed by atoms with Gasteiger partial charge in [-0.05, 0) is 19.1 Å². The van der Waals surface area contributed by atoms with E-state index in [0.29, 0.717) is 17.3 Å². The number of hydrogen-bond donors (Lipinski definition) is 0. The normalized spacial score (nSPS) is 10.7. The van der Waals surface area contributed by atoms with Crippen molar-refractivity contribution in [3.05, 3.63) is 70.3 Å². The summed E-state index contributed by atoms with van der Waals surface area (Å²) >= 11 is 5.89. The van der Waals surface area contributed by atoms with Gasteiger partial charge in [0.15, 0.2) is 0 Å². The fraction of sp³-hybridized carbons (Fsp3) is 0.211. The third-order valence-electron chi connectivity index (χ3n) is 3.72. The van der Waals surface area contributed by atoms with E-state index in [1.807, 2.05) is 31.2 Å². The third-order valence-corrected chi connectivity index (χ3v) is 4.08. The molecule has 0 saturated heterocycles. The number of hydrogen-bond acceptors (Lipinski definition) is 5. The first-order valence-electron chi connectivity index (χ1n) is 8.00. The van der Waals surface area contributed by atoms with Gasteiger partial charge in [0.1, 0.15) is 12.4 Å². The van der Waals surface area contributed by atoms with Crippen molar-refractivity contribution in [3.63, 3.8) is 0 Å². The molecule has 0 bridgehead atoms. The van der Waals surface area contributed by atoms with Crippen LogP contribution in [0.2, 0.25) is 5.02 Å². The van der Waals surface area contributed by atoms with Gasteiger partial charge < -0.3 is 9.26 Å². The first-order valence-corrected chi connectivity index (χ1v) is 8.38. The summed E-state index contributed by atoms with van der Waals surface area (Å²) in [4.78, 5) is 16.1. The maximum Gasteiger partial charge on any atom is 0.306 e. The molecule has 0 unspecified atom stereocenters.